The molecule has 0 radical (unpaired) electrons. The molecule has 2 aliphatic rings. The minimum Gasteiger partial charge on any atom is -0.467 e. The van der Waals surface area contributed by atoms with Crippen molar-refractivity contribution in [3.8, 4) is 0 Å². The minimum absolute atomic E-state index is 0.0472. The van der Waals surface area contributed by atoms with Crippen molar-refractivity contribution in [2.24, 2.45) is 0 Å². The van der Waals surface area contributed by atoms with E-state index < -0.39 is 0 Å². The molecule has 3 rings (SSSR count). The monoisotopic (exact) mass is 207 g/mol. The molecule has 1 fully saturated rings. The summed E-state index contributed by atoms with van der Waals surface area (Å²) in [4.78, 5) is 0. The van der Waals surface area contributed by atoms with Gasteiger partial charge in [-0.25, -0.2) is 0 Å². The van der Waals surface area contributed by atoms with Crippen LogP contribution in [0, 0.1) is 0 Å². The highest BCUT2D eigenvalue weighted by molar-refractivity contribution is 5.30. The summed E-state index contributed by atoms with van der Waals surface area (Å²) >= 11 is 0. The first kappa shape index (κ1) is 9.43. The van der Waals surface area contributed by atoms with E-state index in [1.807, 2.05) is 0 Å². The molecule has 1 N–H and O–H groups in total. The van der Waals surface area contributed by atoms with Gasteiger partial charge in [0.15, 0.2) is 0 Å². The molecule has 1 spiro atoms. The van der Waals surface area contributed by atoms with Crippen LogP contribution >= 0.6 is 0 Å². The Morgan fingerprint density at radius 2 is 2.27 bits per heavy atom. The first-order valence-electron chi connectivity index (χ1n) is 5.57. The first-order valence-corrected chi connectivity index (χ1v) is 5.57. The number of fused-ring (bicyclic) bond motifs is 2. The van der Waals surface area contributed by atoms with Crippen molar-refractivity contribution >= 4 is 0 Å². The Bertz CT molecular complexity index is 383. The van der Waals surface area contributed by atoms with Gasteiger partial charge in [-0.3, -0.25) is 0 Å². The SMILES string of the molecule is CC1(C)CC2(CO1)NCCc1ccoc12. The van der Waals surface area contributed by atoms with Gasteiger partial charge in [0.2, 0.25) is 0 Å². The third-order valence-electron chi connectivity index (χ3n) is 3.48. The first-order chi connectivity index (χ1) is 7.11. The average Bonchev–Trinajstić information content (AvgIpc) is 2.73. The Balaban J connectivity index is 2.02. The van der Waals surface area contributed by atoms with Crippen molar-refractivity contribution in [2.45, 2.75) is 37.8 Å². The van der Waals surface area contributed by atoms with Crippen LogP contribution in [0.1, 0.15) is 31.6 Å². The lowest BCUT2D eigenvalue weighted by Crippen LogP contribution is -2.47. The van der Waals surface area contributed by atoms with Crippen LogP contribution in [0.2, 0.25) is 0 Å². The van der Waals surface area contributed by atoms with Gasteiger partial charge in [-0.15, -0.1) is 0 Å². The molecule has 0 amide bonds. The Morgan fingerprint density at radius 1 is 1.40 bits per heavy atom. The topological polar surface area (TPSA) is 34.4 Å². The van der Waals surface area contributed by atoms with E-state index in [9.17, 15) is 0 Å². The fourth-order valence-electron chi connectivity index (χ4n) is 2.88. The molecule has 1 saturated heterocycles. The van der Waals surface area contributed by atoms with Gasteiger partial charge in [0, 0.05) is 13.0 Å². The molecule has 2 aliphatic heterocycles. The zero-order valence-electron chi connectivity index (χ0n) is 9.30. The van der Waals surface area contributed by atoms with Crippen molar-refractivity contribution in [2.75, 3.05) is 13.2 Å². The van der Waals surface area contributed by atoms with E-state index in [0.29, 0.717) is 0 Å². The molecule has 0 aromatic carbocycles. The summed E-state index contributed by atoms with van der Waals surface area (Å²) in [5.41, 5.74) is 1.23. The Morgan fingerprint density at radius 3 is 3.00 bits per heavy atom. The molecular formula is C12H17NO2. The zero-order chi connectivity index (χ0) is 10.5. The largest absolute Gasteiger partial charge is 0.467 e. The number of furan rings is 1. The quantitative estimate of drug-likeness (QED) is 0.704. The van der Waals surface area contributed by atoms with E-state index in [1.54, 1.807) is 6.26 Å². The van der Waals surface area contributed by atoms with Crippen LogP contribution in [0.15, 0.2) is 16.7 Å². The van der Waals surface area contributed by atoms with E-state index in [4.69, 9.17) is 9.15 Å². The molecule has 1 atom stereocenters. The molecule has 0 saturated carbocycles. The van der Waals surface area contributed by atoms with Crippen molar-refractivity contribution in [1.82, 2.24) is 5.32 Å². The molecule has 1 unspecified atom stereocenters. The number of hydrogen-bond acceptors (Lipinski definition) is 3. The molecule has 1 aromatic rings. The molecule has 15 heavy (non-hydrogen) atoms. The normalized spacial score (nSPS) is 33.2. The fraction of sp³-hybridized carbons (Fsp3) is 0.667. The third kappa shape index (κ3) is 1.34. The second kappa shape index (κ2) is 2.86. The lowest BCUT2D eigenvalue weighted by atomic mass is 9.83. The van der Waals surface area contributed by atoms with Gasteiger partial charge in [-0.1, -0.05) is 0 Å². The maximum Gasteiger partial charge on any atom is 0.129 e. The van der Waals surface area contributed by atoms with E-state index in [1.165, 1.54) is 5.56 Å². The summed E-state index contributed by atoms with van der Waals surface area (Å²) in [6.45, 7) is 6.02. The van der Waals surface area contributed by atoms with Crippen LogP contribution in [0.25, 0.3) is 0 Å². The standard InChI is InChI=1S/C12H17NO2/c1-11(2)7-12(8-15-11)10-9(3-5-13-12)4-6-14-10/h4,6,13H,3,5,7-8H2,1-2H3. The summed E-state index contributed by atoms with van der Waals surface area (Å²) in [6, 6.07) is 2.09. The molecule has 3 heterocycles. The molecule has 1 aromatic heterocycles. The lowest BCUT2D eigenvalue weighted by Gasteiger charge is -2.32. The van der Waals surface area contributed by atoms with Gasteiger partial charge in [-0.2, -0.15) is 0 Å². The van der Waals surface area contributed by atoms with E-state index >= 15 is 0 Å². The van der Waals surface area contributed by atoms with E-state index in [2.05, 4.69) is 25.2 Å². The van der Waals surface area contributed by atoms with E-state index in [-0.39, 0.29) is 11.1 Å². The Labute approximate surface area is 89.8 Å². The summed E-state index contributed by atoms with van der Waals surface area (Å²) in [5, 5.41) is 3.57. The molecule has 3 heteroatoms. The maximum atomic E-state index is 5.84. The number of rotatable bonds is 0. The summed E-state index contributed by atoms with van der Waals surface area (Å²) in [5.74, 6) is 1.10. The number of hydrogen-bond donors (Lipinski definition) is 1. The smallest absolute Gasteiger partial charge is 0.129 e. The molecule has 3 nitrogen and oxygen atoms in total. The molecule has 0 aliphatic carbocycles. The van der Waals surface area contributed by atoms with Crippen LogP contribution in [-0.4, -0.2) is 18.8 Å². The average molecular weight is 207 g/mol. The summed E-state index contributed by atoms with van der Waals surface area (Å²) < 4.78 is 11.5. The van der Waals surface area contributed by atoms with Crippen LogP contribution in [0.5, 0.6) is 0 Å². The van der Waals surface area contributed by atoms with Gasteiger partial charge in [0.05, 0.1) is 18.5 Å². The van der Waals surface area contributed by atoms with Crippen LogP contribution in [0.4, 0.5) is 0 Å². The third-order valence-corrected chi connectivity index (χ3v) is 3.48. The molecular weight excluding hydrogens is 190 g/mol. The van der Waals surface area contributed by atoms with Crippen molar-refractivity contribution < 1.29 is 9.15 Å². The van der Waals surface area contributed by atoms with Crippen molar-refractivity contribution in [3.05, 3.63) is 23.7 Å². The second-order valence-electron chi connectivity index (χ2n) is 5.26. The highest BCUT2D eigenvalue weighted by atomic mass is 16.5. The van der Waals surface area contributed by atoms with Crippen molar-refractivity contribution in [3.63, 3.8) is 0 Å². The predicted octanol–water partition coefficient (Wildman–Crippen LogP) is 1.82. The van der Waals surface area contributed by atoms with Crippen LogP contribution in [-0.2, 0) is 16.7 Å². The molecule has 82 valence electrons. The highest BCUT2D eigenvalue weighted by Gasteiger charge is 2.49. The Kier molecular flexibility index (Phi) is 1.80. The minimum atomic E-state index is -0.0689. The summed E-state index contributed by atoms with van der Waals surface area (Å²) in [7, 11) is 0. The van der Waals surface area contributed by atoms with E-state index in [0.717, 1.165) is 31.8 Å². The maximum absolute atomic E-state index is 5.84. The van der Waals surface area contributed by atoms with Crippen molar-refractivity contribution in [1.29, 1.82) is 0 Å². The fourth-order valence-corrected chi connectivity index (χ4v) is 2.88. The van der Waals surface area contributed by atoms with Gasteiger partial charge in [0.1, 0.15) is 11.3 Å². The number of nitrogens with one attached hydrogen (secondary N) is 1. The lowest BCUT2D eigenvalue weighted by molar-refractivity contribution is 0.0320. The molecule has 0 bridgehead atoms. The van der Waals surface area contributed by atoms with Gasteiger partial charge in [0.25, 0.3) is 0 Å². The second-order valence-corrected chi connectivity index (χ2v) is 5.26. The number of ether oxygens (including phenoxy) is 1. The summed E-state index contributed by atoms with van der Waals surface area (Å²) in [6.07, 6.45) is 3.85. The van der Waals surface area contributed by atoms with Gasteiger partial charge in [-0.05, 0) is 31.9 Å². The van der Waals surface area contributed by atoms with Gasteiger partial charge >= 0.3 is 0 Å². The van der Waals surface area contributed by atoms with Gasteiger partial charge < -0.3 is 14.5 Å². The highest BCUT2D eigenvalue weighted by Crippen LogP contribution is 2.42. The Hall–Kier alpha value is -0.800. The predicted molar refractivity (Wildman–Crippen MR) is 56.7 cm³/mol. The zero-order valence-corrected chi connectivity index (χ0v) is 9.30. The van der Waals surface area contributed by atoms with Crippen LogP contribution in [0.3, 0.4) is 0 Å². The van der Waals surface area contributed by atoms with Crippen LogP contribution < -0.4 is 5.32 Å².